The van der Waals surface area contributed by atoms with Crippen molar-refractivity contribution in [3.63, 3.8) is 0 Å². The molecule has 0 bridgehead atoms. The molecule has 124 valence electrons. The normalized spacial score (nSPS) is 10.8. The standard InChI is InChI=1S/C14H14N6O4/c1-19-10(7-11(21)20(2)14(19)23)15-13-16-12(22)9(17-18-13)6-8-4-3-5-24-8/h3-5,7H,6H2,1-2H3,(H2,15,16,18,22). The summed E-state index contributed by atoms with van der Waals surface area (Å²) in [7, 11) is 2.86. The van der Waals surface area contributed by atoms with E-state index < -0.39 is 16.8 Å². The molecule has 2 N–H and O–H groups in total. The molecular weight excluding hydrogens is 316 g/mol. The number of H-pyrrole nitrogens is 1. The van der Waals surface area contributed by atoms with Gasteiger partial charge in [0.2, 0.25) is 5.95 Å². The summed E-state index contributed by atoms with van der Waals surface area (Å²) in [6.07, 6.45) is 1.71. The molecule has 3 aromatic heterocycles. The zero-order valence-corrected chi connectivity index (χ0v) is 12.9. The fourth-order valence-corrected chi connectivity index (χ4v) is 2.08. The molecule has 0 atom stereocenters. The van der Waals surface area contributed by atoms with Gasteiger partial charge in [-0.25, -0.2) is 4.79 Å². The van der Waals surface area contributed by atoms with Crippen LogP contribution in [-0.4, -0.2) is 24.3 Å². The minimum absolute atomic E-state index is 0.0199. The maximum absolute atomic E-state index is 12.1. The molecule has 0 unspecified atom stereocenters. The molecule has 3 heterocycles. The Bertz CT molecular complexity index is 1040. The summed E-state index contributed by atoms with van der Waals surface area (Å²) >= 11 is 0. The highest BCUT2D eigenvalue weighted by atomic mass is 16.3. The first kappa shape index (κ1) is 15.5. The third-order valence-electron chi connectivity index (χ3n) is 3.46. The van der Waals surface area contributed by atoms with E-state index in [0.29, 0.717) is 5.76 Å². The molecule has 0 aliphatic heterocycles. The lowest BCUT2D eigenvalue weighted by Gasteiger charge is -2.10. The summed E-state index contributed by atoms with van der Waals surface area (Å²) in [5.41, 5.74) is -1.24. The minimum atomic E-state index is -0.505. The molecule has 0 aromatic carbocycles. The molecule has 24 heavy (non-hydrogen) atoms. The Hall–Kier alpha value is -3.43. The molecule has 10 nitrogen and oxygen atoms in total. The van der Waals surface area contributed by atoms with Gasteiger partial charge >= 0.3 is 5.69 Å². The zero-order valence-electron chi connectivity index (χ0n) is 12.9. The van der Waals surface area contributed by atoms with E-state index in [2.05, 4.69) is 20.5 Å². The molecule has 3 aromatic rings. The fourth-order valence-electron chi connectivity index (χ4n) is 2.08. The summed E-state index contributed by atoms with van der Waals surface area (Å²) in [5.74, 6) is 0.794. The Labute approximate surface area is 134 Å². The summed E-state index contributed by atoms with van der Waals surface area (Å²) in [4.78, 5) is 38.1. The van der Waals surface area contributed by atoms with Crippen LogP contribution in [-0.2, 0) is 20.5 Å². The topological polar surface area (TPSA) is 128 Å². The van der Waals surface area contributed by atoms with E-state index in [1.807, 2.05) is 0 Å². The molecule has 0 saturated carbocycles. The van der Waals surface area contributed by atoms with E-state index in [0.717, 1.165) is 4.57 Å². The van der Waals surface area contributed by atoms with Crippen molar-refractivity contribution < 1.29 is 4.42 Å². The van der Waals surface area contributed by atoms with E-state index in [1.165, 1.54) is 31.0 Å². The fraction of sp³-hybridized carbons (Fsp3) is 0.214. The smallest absolute Gasteiger partial charge is 0.332 e. The number of rotatable bonds is 4. The Kier molecular flexibility index (Phi) is 3.86. The molecule has 0 aliphatic carbocycles. The minimum Gasteiger partial charge on any atom is -0.469 e. The Morgan fingerprint density at radius 2 is 2.00 bits per heavy atom. The third-order valence-corrected chi connectivity index (χ3v) is 3.46. The van der Waals surface area contributed by atoms with Gasteiger partial charge in [-0.3, -0.25) is 23.7 Å². The second kappa shape index (κ2) is 5.99. The highest BCUT2D eigenvalue weighted by molar-refractivity contribution is 5.46. The number of furan rings is 1. The van der Waals surface area contributed by atoms with Gasteiger partial charge in [-0.1, -0.05) is 0 Å². The Morgan fingerprint density at radius 3 is 2.67 bits per heavy atom. The van der Waals surface area contributed by atoms with Gasteiger partial charge < -0.3 is 9.73 Å². The Morgan fingerprint density at radius 1 is 1.21 bits per heavy atom. The van der Waals surface area contributed by atoms with Crippen molar-refractivity contribution in [2.75, 3.05) is 5.32 Å². The van der Waals surface area contributed by atoms with E-state index >= 15 is 0 Å². The van der Waals surface area contributed by atoms with Gasteiger partial charge in [0.1, 0.15) is 17.3 Å². The van der Waals surface area contributed by atoms with Crippen LogP contribution in [0.1, 0.15) is 11.5 Å². The highest BCUT2D eigenvalue weighted by Crippen LogP contribution is 2.07. The quantitative estimate of drug-likeness (QED) is 0.659. The molecule has 0 radical (unpaired) electrons. The van der Waals surface area contributed by atoms with Gasteiger partial charge in [-0.05, 0) is 12.1 Å². The second-order valence-electron chi connectivity index (χ2n) is 5.10. The highest BCUT2D eigenvalue weighted by Gasteiger charge is 2.10. The second-order valence-corrected chi connectivity index (χ2v) is 5.10. The predicted molar refractivity (Wildman–Crippen MR) is 84.4 cm³/mol. The lowest BCUT2D eigenvalue weighted by atomic mass is 10.2. The number of nitrogens with zero attached hydrogens (tertiary/aromatic N) is 4. The molecular formula is C14H14N6O4. The van der Waals surface area contributed by atoms with Crippen molar-refractivity contribution in [3.05, 3.63) is 67.1 Å². The first-order valence-electron chi connectivity index (χ1n) is 6.98. The van der Waals surface area contributed by atoms with Gasteiger partial charge in [0.25, 0.3) is 11.1 Å². The number of aromatic nitrogens is 5. The van der Waals surface area contributed by atoms with Gasteiger partial charge in [-0.2, -0.15) is 0 Å². The van der Waals surface area contributed by atoms with Crippen LogP contribution in [0, 0.1) is 0 Å². The van der Waals surface area contributed by atoms with Crippen LogP contribution < -0.4 is 22.1 Å². The van der Waals surface area contributed by atoms with E-state index in [-0.39, 0.29) is 23.9 Å². The van der Waals surface area contributed by atoms with Gasteiger partial charge in [0.05, 0.1) is 12.7 Å². The number of aromatic amines is 1. The van der Waals surface area contributed by atoms with E-state index in [1.54, 1.807) is 12.1 Å². The molecule has 0 aliphatic rings. The van der Waals surface area contributed by atoms with Crippen molar-refractivity contribution in [2.24, 2.45) is 14.1 Å². The first-order valence-corrected chi connectivity index (χ1v) is 6.98. The van der Waals surface area contributed by atoms with Crippen LogP contribution in [0.4, 0.5) is 11.8 Å². The van der Waals surface area contributed by atoms with Crippen LogP contribution in [0.3, 0.4) is 0 Å². The summed E-state index contributed by atoms with van der Waals surface area (Å²) < 4.78 is 7.35. The number of hydrogen-bond donors (Lipinski definition) is 2. The lowest BCUT2D eigenvalue weighted by molar-refractivity contribution is 0.517. The maximum atomic E-state index is 12.1. The van der Waals surface area contributed by atoms with Crippen molar-refractivity contribution in [1.82, 2.24) is 24.3 Å². The average Bonchev–Trinajstić information content (AvgIpc) is 3.06. The van der Waals surface area contributed by atoms with Crippen LogP contribution in [0.25, 0.3) is 0 Å². The van der Waals surface area contributed by atoms with Crippen LogP contribution in [0.2, 0.25) is 0 Å². The molecule has 0 spiro atoms. The molecule has 0 fully saturated rings. The van der Waals surface area contributed by atoms with Crippen molar-refractivity contribution in [2.45, 2.75) is 6.42 Å². The monoisotopic (exact) mass is 330 g/mol. The van der Waals surface area contributed by atoms with Crippen molar-refractivity contribution >= 4 is 11.8 Å². The predicted octanol–water partition coefficient (Wildman–Crippen LogP) is -0.510. The molecule has 0 saturated heterocycles. The summed E-state index contributed by atoms with van der Waals surface area (Å²) in [6.45, 7) is 0. The lowest BCUT2D eigenvalue weighted by Crippen LogP contribution is -2.37. The molecule has 3 rings (SSSR count). The largest absolute Gasteiger partial charge is 0.469 e. The van der Waals surface area contributed by atoms with Crippen molar-refractivity contribution in [3.8, 4) is 0 Å². The van der Waals surface area contributed by atoms with E-state index in [9.17, 15) is 14.4 Å². The number of hydrogen-bond acceptors (Lipinski definition) is 7. The summed E-state index contributed by atoms with van der Waals surface area (Å²) in [6, 6.07) is 4.66. The SMILES string of the molecule is Cn1c(Nc2nnc(Cc3ccco3)c(=O)[nH]2)cc(=O)n(C)c1=O. The van der Waals surface area contributed by atoms with Gasteiger partial charge in [0, 0.05) is 20.2 Å². The average molecular weight is 330 g/mol. The number of nitrogens with one attached hydrogen (secondary N) is 2. The first-order chi connectivity index (χ1) is 11.5. The van der Waals surface area contributed by atoms with Gasteiger partial charge in [-0.15, -0.1) is 10.2 Å². The number of anilines is 2. The van der Waals surface area contributed by atoms with Crippen LogP contribution in [0.5, 0.6) is 0 Å². The molecule has 0 amide bonds. The zero-order chi connectivity index (χ0) is 17.3. The molecule has 10 heteroatoms. The van der Waals surface area contributed by atoms with E-state index in [4.69, 9.17) is 4.42 Å². The third kappa shape index (κ3) is 2.89. The van der Waals surface area contributed by atoms with Crippen LogP contribution in [0.15, 0.2) is 43.3 Å². The van der Waals surface area contributed by atoms with Gasteiger partial charge in [0.15, 0.2) is 0 Å². The summed E-state index contributed by atoms with van der Waals surface area (Å²) in [5, 5.41) is 10.4. The Balaban J connectivity index is 1.90. The van der Waals surface area contributed by atoms with Crippen LogP contribution >= 0.6 is 0 Å². The maximum Gasteiger partial charge on any atom is 0.332 e. The van der Waals surface area contributed by atoms with Crippen molar-refractivity contribution in [1.29, 1.82) is 0 Å².